The molecule has 1 aliphatic rings. The first-order valence-electron chi connectivity index (χ1n) is 6.84. The predicted molar refractivity (Wildman–Crippen MR) is 69.0 cm³/mol. The summed E-state index contributed by atoms with van der Waals surface area (Å²) in [5, 5.41) is 3.27. The van der Waals surface area contributed by atoms with Crippen LogP contribution in [0.3, 0.4) is 0 Å². The maximum absolute atomic E-state index is 12.3. The number of hydrogen-bond acceptors (Lipinski definition) is 3. The predicted octanol–water partition coefficient (Wildman–Crippen LogP) is 2.15. The third-order valence-corrected chi connectivity index (χ3v) is 3.62. The number of nitrogens with zero attached hydrogens (tertiary/aromatic N) is 1. The van der Waals surface area contributed by atoms with Crippen LogP contribution in [-0.4, -0.2) is 48.4 Å². The van der Waals surface area contributed by atoms with Crippen LogP contribution in [0.1, 0.15) is 34.1 Å². The van der Waals surface area contributed by atoms with E-state index in [0.717, 1.165) is 0 Å². The Kier molecular flexibility index (Phi) is 5.43. The van der Waals surface area contributed by atoms with Gasteiger partial charge >= 0.3 is 6.18 Å². The summed E-state index contributed by atoms with van der Waals surface area (Å²) >= 11 is 0. The van der Waals surface area contributed by atoms with E-state index in [9.17, 15) is 18.0 Å². The summed E-state index contributed by atoms with van der Waals surface area (Å²) < 4.78 is 40.6. The van der Waals surface area contributed by atoms with Crippen LogP contribution >= 0.6 is 0 Å². The molecule has 7 heteroatoms. The van der Waals surface area contributed by atoms with Crippen LogP contribution in [0.25, 0.3) is 0 Å². The molecule has 1 saturated heterocycles. The number of rotatable bonds is 6. The first kappa shape index (κ1) is 17.2. The molecule has 0 aromatic rings. The molecule has 0 aliphatic carbocycles. The van der Waals surface area contributed by atoms with Crippen molar-refractivity contribution in [1.82, 2.24) is 10.2 Å². The van der Waals surface area contributed by atoms with Crippen LogP contribution in [0, 0.1) is 5.92 Å². The fourth-order valence-electron chi connectivity index (χ4n) is 2.28. The quantitative estimate of drug-likeness (QED) is 0.764. The zero-order valence-electron chi connectivity index (χ0n) is 12.4. The highest BCUT2D eigenvalue weighted by Crippen LogP contribution is 2.26. The van der Waals surface area contributed by atoms with Crippen molar-refractivity contribution in [1.29, 1.82) is 0 Å². The zero-order chi connectivity index (χ0) is 15.6. The molecule has 2 unspecified atom stereocenters. The van der Waals surface area contributed by atoms with Crippen molar-refractivity contribution < 1.29 is 22.7 Å². The summed E-state index contributed by atoms with van der Waals surface area (Å²) in [7, 11) is 0. The van der Waals surface area contributed by atoms with Crippen LogP contribution in [0.4, 0.5) is 13.2 Å². The van der Waals surface area contributed by atoms with Gasteiger partial charge in [-0.1, -0.05) is 20.8 Å². The lowest BCUT2D eigenvalue weighted by molar-refractivity contribution is -0.175. The molecule has 2 atom stereocenters. The van der Waals surface area contributed by atoms with Gasteiger partial charge in [0.05, 0.1) is 18.3 Å². The Hall–Kier alpha value is -0.820. The first-order chi connectivity index (χ1) is 9.10. The standard InChI is InChI=1S/C13H23F3N2O2/c1-5-12(4)11(19)18(10(17-12)9(2)3)6-7-20-8-13(14,15)16/h9-10,17H,5-8H2,1-4H3. The van der Waals surface area contributed by atoms with Crippen LogP contribution < -0.4 is 5.32 Å². The van der Waals surface area contributed by atoms with Gasteiger partial charge in [-0.25, -0.2) is 0 Å². The maximum Gasteiger partial charge on any atom is 0.411 e. The van der Waals surface area contributed by atoms with Crippen molar-refractivity contribution in [2.24, 2.45) is 5.92 Å². The monoisotopic (exact) mass is 296 g/mol. The second-order valence-corrected chi connectivity index (χ2v) is 5.69. The van der Waals surface area contributed by atoms with Crippen LogP contribution in [0.2, 0.25) is 0 Å². The largest absolute Gasteiger partial charge is 0.411 e. The van der Waals surface area contributed by atoms with Gasteiger partial charge in [0.1, 0.15) is 6.61 Å². The number of carbonyl (C=O) groups is 1. The van der Waals surface area contributed by atoms with E-state index in [0.29, 0.717) is 6.42 Å². The van der Waals surface area contributed by atoms with Crippen molar-refractivity contribution in [3.8, 4) is 0 Å². The lowest BCUT2D eigenvalue weighted by Crippen LogP contribution is -2.45. The van der Waals surface area contributed by atoms with Gasteiger partial charge in [-0.15, -0.1) is 0 Å². The molecule has 0 aromatic carbocycles. The molecule has 1 amide bonds. The van der Waals surface area contributed by atoms with E-state index in [1.165, 1.54) is 0 Å². The van der Waals surface area contributed by atoms with E-state index in [-0.39, 0.29) is 31.1 Å². The van der Waals surface area contributed by atoms with Crippen LogP contribution in [0.15, 0.2) is 0 Å². The first-order valence-corrected chi connectivity index (χ1v) is 6.84. The van der Waals surface area contributed by atoms with E-state index < -0.39 is 18.3 Å². The number of halogens is 3. The molecule has 0 saturated carbocycles. The number of carbonyl (C=O) groups excluding carboxylic acids is 1. The Morgan fingerprint density at radius 2 is 2.05 bits per heavy atom. The second-order valence-electron chi connectivity index (χ2n) is 5.69. The minimum Gasteiger partial charge on any atom is -0.370 e. The molecule has 0 radical (unpaired) electrons. The van der Waals surface area contributed by atoms with E-state index >= 15 is 0 Å². The zero-order valence-corrected chi connectivity index (χ0v) is 12.4. The summed E-state index contributed by atoms with van der Waals surface area (Å²) in [5.74, 6) is 0.101. The minimum atomic E-state index is -4.33. The van der Waals surface area contributed by atoms with Crippen LogP contribution in [0.5, 0.6) is 0 Å². The van der Waals surface area contributed by atoms with Crippen molar-refractivity contribution in [3.05, 3.63) is 0 Å². The molecule has 0 bridgehead atoms. The number of hydrogen-bond donors (Lipinski definition) is 1. The lowest BCUT2D eigenvalue weighted by atomic mass is 9.99. The molecule has 4 nitrogen and oxygen atoms in total. The lowest BCUT2D eigenvalue weighted by Gasteiger charge is -2.27. The summed E-state index contributed by atoms with van der Waals surface area (Å²) in [4.78, 5) is 13.9. The average Bonchev–Trinajstić information content (AvgIpc) is 2.58. The molecule has 118 valence electrons. The van der Waals surface area contributed by atoms with Gasteiger partial charge in [-0.3, -0.25) is 10.1 Å². The van der Waals surface area contributed by atoms with Crippen LogP contribution in [-0.2, 0) is 9.53 Å². The topological polar surface area (TPSA) is 41.6 Å². The summed E-state index contributed by atoms with van der Waals surface area (Å²) in [6, 6.07) is 0. The van der Waals surface area contributed by atoms with Crippen molar-refractivity contribution in [3.63, 3.8) is 0 Å². The fourth-order valence-corrected chi connectivity index (χ4v) is 2.28. The van der Waals surface area contributed by atoms with Crippen molar-refractivity contribution in [2.45, 2.75) is 52.0 Å². The third-order valence-electron chi connectivity index (χ3n) is 3.62. The SMILES string of the molecule is CCC1(C)NC(C(C)C)N(CCOCC(F)(F)F)C1=O. The maximum atomic E-state index is 12.3. The Morgan fingerprint density at radius 3 is 2.50 bits per heavy atom. The number of alkyl halides is 3. The van der Waals surface area contributed by atoms with E-state index in [4.69, 9.17) is 0 Å². The molecule has 0 aromatic heterocycles. The van der Waals surface area contributed by atoms with E-state index in [1.807, 2.05) is 27.7 Å². The number of nitrogens with one attached hydrogen (secondary N) is 1. The Bertz CT molecular complexity index is 347. The normalized spacial score (nSPS) is 27.7. The molecule has 1 heterocycles. The second kappa shape index (κ2) is 6.30. The van der Waals surface area contributed by atoms with Crippen molar-refractivity contribution >= 4 is 5.91 Å². The van der Waals surface area contributed by atoms with Gasteiger partial charge in [0.15, 0.2) is 0 Å². The van der Waals surface area contributed by atoms with E-state index in [1.54, 1.807) is 4.90 Å². The molecular formula is C13H23F3N2O2. The molecule has 1 fully saturated rings. The smallest absolute Gasteiger partial charge is 0.370 e. The Labute approximate surface area is 117 Å². The molecule has 1 rings (SSSR count). The van der Waals surface area contributed by atoms with E-state index in [2.05, 4.69) is 10.1 Å². The molecular weight excluding hydrogens is 273 g/mol. The summed E-state index contributed by atoms with van der Waals surface area (Å²) in [5.41, 5.74) is -0.640. The molecule has 20 heavy (non-hydrogen) atoms. The van der Waals surface area contributed by atoms with Crippen molar-refractivity contribution in [2.75, 3.05) is 19.8 Å². The molecule has 1 aliphatic heterocycles. The number of ether oxygens (including phenoxy) is 1. The Morgan fingerprint density at radius 1 is 1.45 bits per heavy atom. The van der Waals surface area contributed by atoms with Gasteiger partial charge in [0.25, 0.3) is 0 Å². The third kappa shape index (κ3) is 4.09. The fraction of sp³-hybridized carbons (Fsp3) is 0.923. The minimum absolute atomic E-state index is 0.0747. The van der Waals surface area contributed by atoms with Gasteiger partial charge in [-0.05, 0) is 19.3 Å². The highest BCUT2D eigenvalue weighted by Gasteiger charge is 2.47. The highest BCUT2D eigenvalue weighted by atomic mass is 19.4. The summed E-state index contributed by atoms with van der Waals surface area (Å²) in [6.07, 6.45) is -3.86. The Balaban J connectivity index is 2.59. The summed E-state index contributed by atoms with van der Waals surface area (Å²) in [6.45, 7) is 6.44. The van der Waals surface area contributed by atoms with Gasteiger partial charge in [0, 0.05) is 6.54 Å². The molecule has 1 N–H and O–H groups in total. The van der Waals surface area contributed by atoms with Gasteiger partial charge in [-0.2, -0.15) is 13.2 Å². The molecule has 0 spiro atoms. The van der Waals surface area contributed by atoms with Gasteiger partial charge in [0.2, 0.25) is 5.91 Å². The van der Waals surface area contributed by atoms with Gasteiger partial charge < -0.3 is 9.64 Å². The average molecular weight is 296 g/mol. The number of amides is 1. The highest BCUT2D eigenvalue weighted by molar-refractivity contribution is 5.88.